The fraction of sp³-hybridized carbons (Fsp3) is 0.833. The van der Waals surface area contributed by atoms with Gasteiger partial charge in [-0.15, -0.1) is 0 Å². The van der Waals surface area contributed by atoms with Gasteiger partial charge in [0.2, 0.25) is 11.8 Å². The van der Waals surface area contributed by atoms with Crippen LogP contribution in [0.2, 0.25) is 0 Å². The van der Waals surface area contributed by atoms with Crippen molar-refractivity contribution >= 4 is 17.8 Å². The number of esters is 1. The molecule has 7 heteroatoms. The quantitative estimate of drug-likeness (QED) is 0.642. The van der Waals surface area contributed by atoms with Gasteiger partial charge in [0.05, 0.1) is 20.3 Å². The smallest absolute Gasteiger partial charge is 0.305 e. The Bertz CT molecular complexity index is 454. The Morgan fingerprint density at radius 3 is 2.16 bits per heavy atom. The zero-order valence-electron chi connectivity index (χ0n) is 15.2. The summed E-state index contributed by atoms with van der Waals surface area (Å²) in [5.41, 5.74) is 0. The van der Waals surface area contributed by atoms with Gasteiger partial charge in [-0.3, -0.25) is 14.4 Å². The van der Waals surface area contributed by atoms with Gasteiger partial charge in [-0.25, -0.2) is 0 Å². The number of hydrogen-bond donors (Lipinski definition) is 0. The van der Waals surface area contributed by atoms with Gasteiger partial charge < -0.3 is 19.3 Å². The van der Waals surface area contributed by atoms with Crippen LogP contribution in [-0.2, 0) is 23.9 Å². The number of carbonyl (C=O) groups excluding carboxylic acids is 3. The topological polar surface area (TPSA) is 76.2 Å². The van der Waals surface area contributed by atoms with Crippen molar-refractivity contribution in [2.24, 2.45) is 5.92 Å². The molecule has 2 heterocycles. The predicted octanol–water partition coefficient (Wildman–Crippen LogP) is 1.21. The third-order valence-electron chi connectivity index (χ3n) is 5.10. The summed E-state index contributed by atoms with van der Waals surface area (Å²) in [7, 11) is 1.36. The van der Waals surface area contributed by atoms with Crippen LogP contribution in [-0.4, -0.2) is 74.1 Å². The molecule has 0 N–H and O–H groups in total. The lowest BCUT2D eigenvalue weighted by atomic mass is 9.91. The number of methoxy groups -OCH3 is 1. The van der Waals surface area contributed by atoms with E-state index >= 15 is 0 Å². The number of amides is 2. The van der Waals surface area contributed by atoms with Crippen LogP contribution in [0.25, 0.3) is 0 Å². The third kappa shape index (κ3) is 6.65. The molecule has 2 fully saturated rings. The van der Waals surface area contributed by atoms with E-state index in [1.165, 1.54) is 7.11 Å². The number of carbonyl (C=O) groups is 3. The predicted molar refractivity (Wildman–Crippen MR) is 91.8 cm³/mol. The highest BCUT2D eigenvalue weighted by atomic mass is 16.5. The van der Waals surface area contributed by atoms with E-state index < -0.39 is 0 Å². The largest absolute Gasteiger partial charge is 0.469 e. The molecule has 0 atom stereocenters. The number of morpholine rings is 1. The van der Waals surface area contributed by atoms with Gasteiger partial charge in [0, 0.05) is 45.4 Å². The van der Waals surface area contributed by atoms with Crippen molar-refractivity contribution in [1.82, 2.24) is 9.80 Å². The number of piperidine rings is 1. The Morgan fingerprint density at radius 1 is 0.920 bits per heavy atom. The molecule has 0 aromatic rings. The van der Waals surface area contributed by atoms with E-state index in [0.29, 0.717) is 57.9 Å². The maximum absolute atomic E-state index is 12.2. The van der Waals surface area contributed by atoms with Crippen LogP contribution in [0.3, 0.4) is 0 Å². The molecule has 2 aliphatic rings. The average molecular weight is 354 g/mol. The molecular weight excluding hydrogens is 324 g/mol. The molecule has 142 valence electrons. The van der Waals surface area contributed by atoms with E-state index in [-0.39, 0.29) is 17.8 Å². The Kier molecular flexibility index (Phi) is 8.18. The Balaban J connectivity index is 1.59. The highest BCUT2D eigenvalue weighted by Gasteiger charge is 2.24. The minimum atomic E-state index is -0.267. The summed E-state index contributed by atoms with van der Waals surface area (Å²) in [6.07, 6.45) is 4.65. The van der Waals surface area contributed by atoms with Crippen LogP contribution >= 0.6 is 0 Å². The fourth-order valence-electron chi connectivity index (χ4n) is 3.41. The highest BCUT2D eigenvalue weighted by Crippen LogP contribution is 2.23. The first-order valence-electron chi connectivity index (χ1n) is 9.30. The van der Waals surface area contributed by atoms with Crippen LogP contribution in [0.4, 0.5) is 0 Å². The molecule has 25 heavy (non-hydrogen) atoms. The van der Waals surface area contributed by atoms with Gasteiger partial charge in [0.15, 0.2) is 0 Å². The Hall–Kier alpha value is -1.63. The molecule has 7 nitrogen and oxygen atoms in total. The number of ether oxygens (including phenoxy) is 2. The second-order valence-corrected chi connectivity index (χ2v) is 6.79. The number of hydrogen-bond acceptors (Lipinski definition) is 5. The number of likely N-dealkylation sites (tertiary alicyclic amines) is 1. The van der Waals surface area contributed by atoms with Crippen molar-refractivity contribution in [3.8, 4) is 0 Å². The lowest BCUT2D eigenvalue weighted by molar-refractivity contribution is -0.141. The van der Waals surface area contributed by atoms with E-state index in [4.69, 9.17) is 4.74 Å². The van der Waals surface area contributed by atoms with Crippen molar-refractivity contribution in [1.29, 1.82) is 0 Å². The maximum atomic E-state index is 12.2. The SMILES string of the molecule is COC(=O)CCCC(=O)N1CCC(CCC(=O)N2CCOCC2)CC1. The third-order valence-corrected chi connectivity index (χ3v) is 5.10. The average Bonchev–Trinajstić information content (AvgIpc) is 2.66. The molecule has 0 radical (unpaired) electrons. The molecule has 2 amide bonds. The first kappa shape index (κ1) is 19.7. The van der Waals surface area contributed by atoms with Crippen molar-refractivity contribution in [3.05, 3.63) is 0 Å². The molecule has 0 aromatic heterocycles. The summed E-state index contributed by atoms with van der Waals surface area (Å²) in [4.78, 5) is 39.2. The minimum absolute atomic E-state index is 0.117. The molecule has 0 unspecified atom stereocenters. The van der Waals surface area contributed by atoms with E-state index in [9.17, 15) is 14.4 Å². The monoisotopic (exact) mass is 354 g/mol. The van der Waals surface area contributed by atoms with Crippen LogP contribution in [0.15, 0.2) is 0 Å². The van der Waals surface area contributed by atoms with Crippen molar-refractivity contribution in [3.63, 3.8) is 0 Å². The molecular formula is C18H30N2O5. The molecule has 0 spiro atoms. The van der Waals surface area contributed by atoms with E-state index in [1.54, 1.807) is 0 Å². The highest BCUT2D eigenvalue weighted by molar-refractivity contribution is 5.77. The zero-order valence-corrected chi connectivity index (χ0v) is 15.2. The van der Waals surface area contributed by atoms with Gasteiger partial charge in [-0.1, -0.05) is 0 Å². The van der Waals surface area contributed by atoms with Crippen LogP contribution in [0, 0.1) is 5.92 Å². The molecule has 2 aliphatic heterocycles. The summed E-state index contributed by atoms with van der Waals surface area (Å²) in [6, 6.07) is 0. The summed E-state index contributed by atoms with van der Waals surface area (Å²) < 4.78 is 9.85. The molecule has 2 rings (SSSR count). The van der Waals surface area contributed by atoms with Crippen molar-refractivity contribution in [2.75, 3.05) is 46.5 Å². The molecule has 0 aromatic carbocycles. The maximum Gasteiger partial charge on any atom is 0.305 e. The van der Waals surface area contributed by atoms with Crippen LogP contribution in [0.5, 0.6) is 0 Å². The standard InChI is InChI=1S/C18H30N2O5/c1-24-18(23)4-2-3-16(21)19-9-7-15(8-10-19)5-6-17(22)20-11-13-25-14-12-20/h15H,2-14H2,1H3. The first-order chi connectivity index (χ1) is 12.1. The van der Waals surface area contributed by atoms with Crippen molar-refractivity contribution in [2.45, 2.75) is 44.9 Å². The van der Waals surface area contributed by atoms with E-state index in [0.717, 1.165) is 32.4 Å². The molecule has 0 saturated carbocycles. The molecule has 0 bridgehead atoms. The molecule has 2 saturated heterocycles. The summed E-state index contributed by atoms with van der Waals surface area (Å²) in [5.74, 6) is 0.594. The first-order valence-corrected chi connectivity index (χ1v) is 9.30. The van der Waals surface area contributed by atoms with Gasteiger partial charge in [0.25, 0.3) is 0 Å². The van der Waals surface area contributed by atoms with Gasteiger partial charge >= 0.3 is 5.97 Å². The lowest BCUT2D eigenvalue weighted by Crippen LogP contribution is -2.41. The number of rotatable bonds is 7. The summed E-state index contributed by atoms with van der Waals surface area (Å²) >= 11 is 0. The molecule has 0 aliphatic carbocycles. The zero-order chi connectivity index (χ0) is 18.1. The Morgan fingerprint density at radius 2 is 1.52 bits per heavy atom. The second-order valence-electron chi connectivity index (χ2n) is 6.79. The van der Waals surface area contributed by atoms with Gasteiger partial charge in [0.1, 0.15) is 0 Å². The van der Waals surface area contributed by atoms with E-state index in [1.807, 2.05) is 9.80 Å². The summed E-state index contributed by atoms with van der Waals surface area (Å²) in [5, 5.41) is 0. The fourth-order valence-corrected chi connectivity index (χ4v) is 3.41. The minimum Gasteiger partial charge on any atom is -0.469 e. The van der Waals surface area contributed by atoms with Crippen LogP contribution < -0.4 is 0 Å². The van der Waals surface area contributed by atoms with Crippen LogP contribution in [0.1, 0.15) is 44.9 Å². The van der Waals surface area contributed by atoms with Gasteiger partial charge in [-0.2, -0.15) is 0 Å². The lowest BCUT2D eigenvalue weighted by Gasteiger charge is -2.33. The number of nitrogens with zero attached hydrogens (tertiary/aromatic N) is 2. The van der Waals surface area contributed by atoms with Crippen molar-refractivity contribution < 1.29 is 23.9 Å². The Labute approximate surface area is 149 Å². The van der Waals surface area contributed by atoms with E-state index in [2.05, 4.69) is 4.74 Å². The second kappa shape index (κ2) is 10.4. The van der Waals surface area contributed by atoms with Gasteiger partial charge in [-0.05, 0) is 31.6 Å². The summed E-state index contributed by atoms with van der Waals surface area (Å²) in [6.45, 7) is 4.21. The normalized spacial score (nSPS) is 18.9.